The zero-order valence-electron chi connectivity index (χ0n) is 10.6. The molecular weight excluding hydrogens is 276 g/mol. The highest BCUT2D eigenvalue weighted by molar-refractivity contribution is 7.16. The summed E-state index contributed by atoms with van der Waals surface area (Å²) >= 11 is 1.33. The van der Waals surface area contributed by atoms with Crippen LogP contribution in [0.1, 0.15) is 27.3 Å². The lowest BCUT2D eigenvalue weighted by Gasteiger charge is -2.04. The van der Waals surface area contributed by atoms with Crippen LogP contribution in [0.3, 0.4) is 0 Å². The molecule has 0 spiro atoms. The fourth-order valence-corrected chi connectivity index (χ4v) is 2.95. The number of carbonyl (C=O) groups is 2. The predicted octanol–water partition coefficient (Wildman–Crippen LogP) is 3.02. The van der Waals surface area contributed by atoms with Crippen LogP contribution in [0.5, 0.6) is 0 Å². The average Bonchev–Trinajstić information content (AvgIpc) is 3.00. The number of rotatable bonds is 3. The lowest BCUT2D eigenvalue weighted by Crippen LogP contribution is -2.13. The molecule has 0 aliphatic heterocycles. The van der Waals surface area contributed by atoms with Gasteiger partial charge in [-0.3, -0.25) is 10.1 Å². The van der Waals surface area contributed by atoms with Crippen molar-refractivity contribution in [3.05, 3.63) is 46.5 Å². The normalized spacial score (nSPS) is 13.1. The molecule has 3 rings (SSSR count). The van der Waals surface area contributed by atoms with E-state index in [2.05, 4.69) is 10.3 Å². The van der Waals surface area contributed by atoms with E-state index in [0.29, 0.717) is 23.7 Å². The molecule has 1 N–H and O–H groups in total. The molecule has 1 aromatic carbocycles. The first-order chi connectivity index (χ1) is 9.72. The van der Waals surface area contributed by atoms with E-state index >= 15 is 0 Å². The van der Waals surface area contributed by atoms with Crippen LogP contribution in [0, 0.1) is 0 Å². The van der Waals surface area contributed by atoms with Crippen molar-refractivity contribution in [3.63, 3.8) is 0 Å². The fourth-order valence-electron chi connectivity index (χ4n) is 1.98. The number of carbonyl (C=O) groups excluding carboxylic acids is 2. The number of aromatic nitrogens is 1. The van der Waals surface area contributed by atoms with Gasteiger partial charge in [-0.05, 0) is 12.0 Å². The maximum atomic E-state index is 11.6. The number of hydrogen-bond donors (Lipinski definition) is 1. The molecule has 102 valence electrons. The molecule has 0 unspecified atom stereocenters. The number of amides is 1. The molecule has 0 atom stereocenters. The highest BCUT2D eigenvalue weighted by Crippen LogP contribution is 2.30. The largest absolute Gasteiger partial charge is 0.444 e. The summed E-state index contributed by atoms with van der Waals surface area (Å²) in [6, 6.07) is 9.42. The summed E-state index contributed by atoms with van der Waals surface area (Å²) < 4.78 is 5.09. The van der Waals surface area contributed by atoms with E-state index in [0.717, 1.165) is 10.4 Å². The number of hydrogen-bond acceptors (Lipinski definition) is 5. The monoisotopic (exact) mass is 288 g/mol. The van der Waals surface area contributed by atoms with E-state index in [1.807, 2.05) is 30.3 Å². The summed E-state index contributed by atoms with van der Waals surface area (Å²) in [7, 11) is 0. The van der Waals surface area contributed by atoms with Gasteiger partial charge in [0.2, 0.25) is 0 Å². The molecule has 6 heteroatoms. The molecule has 1 aliphatic carbocycles. The molecule has 0 saturated heterocycles. The van der Waals surface area contributed by atoms with Crippen LogP contribution in [0.4, 0.5) is 9.93 Å². The minimum Gasteiger partial charge on any atom is -0.444 e. The lowest BCUT2D eigenvalue weighted by molar-refractivity contribution is 0.0990. The number of nitrogens with zero attached hydrogens (tertiary/aromatic N) is 1. The summed E-state index contributed by atoms with van der Waals surface area (Å²) in [6.45, 7) is 0.205. The molecule has 1 heterocycles. The van der Waals surface area contributed by atoms with Crippen molar-refractivity contribution < 1.29 is 14.3 Å². The minimum absolute atomic E-state index is 0.0435. The van der Waals surface area contributed by atoms with E-state index in [-0.39, 0.29) is 12.4 Å². The first kappa shape index (κ1) is 12.8. The number of benzene rings is 1. The Labute approximate surface area is 119 Å². The minimum atomic E-state index is -0.561. The van der Waals surface area contributed by atoms with Crippen LogP contribution in [0.2, 0.25) is 0 Å². The molecule has 0 radical (unpaired) electrons. The van der Waals surface area contributed by atoms with Crippen LogP contribution in [-0.4, -0.2) is 16.9 Å². The van der Waals surface area contributed by atoms with Crippen molar-refractivity contribution in [3.8, 4) is 0 Å². The van der Waals surface area contributed by atoms with E-state index in [1.54, 1.807) is 0 Å². The van der Waals surface area contributed by atoms with E-state index < -0.39 is 6.09 Å². The van der Waals surface area contributed by atoms with Crippen LogP contribution < -0.4 is 5.32 Å². The summed E-state index contributed by atoms with van der Waals surface area (Å²) in [5, 5.41) is 2.97. The van der Waals surface area contributed by atoms with Crippen molar-refractivity contribution in [2.45, 2.75) is 19.4 Å². The topological polar surface area (TPSA) is 68.3 Å². The number of aryl methyl sites for hydroxylation is 1. The lowest BCUT2D eigenvalue weighted by atomic mass is 10.2. The first-order valence-electron chi connectivity index (χ1n) is 6.23. The second kappa shape index (κ2) is 5.42. The van der Waals surface area contributed by atoms with Gasteiger partial charge >= 0.3 is 6.09 Å². The Morgan fingerprint density at radius 1 is 1.30 bits per heavy atom. The Morgan fingerprint density at radius 2 is 2.10 bits per heavy atom. The second-order valence-corrected chi connectivity index (χ2v) is 5.48. The molecule has 0 saturated carbocycles. The first-order valence-corrected chi connectivity index (χ1v) is 7.04. The van der Waals surface area contributed by atoms with E-state index in [4.69, 9.17) is 4.74 Å². The summed E-state index contributed by atoms with van der Waals surface area (Å²) in [4.78, 5) is 28.2. The van der Waals surface area contributed by atoms with Crippen molar-refractivity contribution >= 4 is 28.3 Å². The Morgan fingerprint density at radius 3 is 2.85 bits per heavy atom. The third-order valence-corrected chi connectivity index (χ3v) is 3.99. The van der Waals surface area contributed by atoms with Crippen molar-refractivity contribution in [2.75, 3.05) is 5.32 Å². The van der Waals surface area contributed by atoms with Gasteiger partial charge in [0.25, 0.3) is 0 Å². The summed E-state index contributed by atoms with van der Waals surface area (Å²) in [6.07, 6.45) is 0.674. The summed E-state index contributed by atoms with van der Waals surface area (Å²) in [5.41, 5.74) is 1.41. The molecule has 2 aromatic rings. The van der Waals surface area contributed by atoms with E-state index in [9.17, 15) is 9.59 Å². The Balaban J connectivity index is 1.57. The summed E-state index contributed by atoms with van der Waals surface area (Å²) in [5.74, 6) is 0.0435. The second-order valence-electron chi connectivity index (χ2n) is 4.40. The molecule has 0 bridgehead atoms. The van der Waals surface area contributed by atoms with Gasteiger partial charge < -0.3 is 4.74 Å². The maximum Gasteiger partial charge on any atom is 0.413 e. The molecular formula is C14H12N2O3S. The Hall–Kier alpha value is -2.21. The standard InChI is InChI=1S/C14H12N2O3S/c17-10-6-7-11-12(10)15-13(20-11)16-14(18)19-8-9-4-2-1-3-5-9/h1-5H,6-8H2,(H,15,16,18). The molecule has 20 heavy (non-hydrogen) atoms. The van der Waals surface area contributed by atoms with Gasteiger partial charge in [0, 0.05) is 11.3 Å². The van der Waals surface area contributed by atoms with Gasteiger partial charge in [0.1, 0.15) is 12.3 Å². The van der Waals surface area contributed by atoms with Crippen LogP contribution in [0.25, 0.3) is 0 Å². The third-order valence-electron chi connectivity index (χ3n) is 2.96. The third kappa shape index (κ3) is 2.70. The van der Waals surface area contributed by atoms with Crippen LogP contribution in [0.15, 0.2) is 30.3 Å². The quantitative estimate of drug-likeness (QED) is 0.942. The van der Waals surface area contributed by atoms with Crippen molar-refractivity contribution in [1.82, 2.24) is 4.98 Å². The van der Waals surface area contributed by atoms with Crippen molar-refractivity contribution in [2.24, 2.45) is 0 Å². The molecule has 5 nitrogen and oxygen atoms in total. The van der Waals surface area contributed by atoms with Gasteiger partial charge in [-0.25, -0.2) is 9.78 Å². The number of nitrogens with one attached hydrogen (secondary N) is 1. The van der Waals surface area contributed by atoms with Gasteiger partial charge in [-0.2, -0.15) is 0 Å². The predicted molar refractivity (Wildman–Crippen MR) is 75.0 cm³/mol. The molecule has 1 amide bonds. The molecule has 1 aliphatic rings. The highest BCUT2D eigenvalue weighted by Gasteiger charge is 2.25. The highest BCUT2D eigenvalue weighted by atomic mass is 32.1. The number of anilines is 1. The number of thiazole rings is 1. The Kier molecular flexibility index (Phi) is 3.47. The van der Waals surface area contributed by atoms with Crippen molar-refractivity contribution in [1.29, 1.82) is 0 Å². The van der Waals surface area contributed by atoms with Gasteiger partial charge in [-0.1, -0.05) is 30.3 Å². The zero-order valence-corrected chi connectivity index (χ0v) is 11.4. The smallest absolute Gasteiger partial charge is 0.413 e. The molecule has 1 aromatic heterocycles. The number of ether oxygens (including phenoxy) is 1. The van der Waals surface area contributed by atoms with Gasteiger partial charge in [0.05, 0.1) is 0 Å². The fraction of sp³-hybridized carbons (Fsp3) is 0.214. The zero-order chi connectivity index (χ0) is 13.9. The molecule has 0 fully saturated rings. The Bertz CT molecular complexity index is 652. The van der Waals surface area contributed by atoms with Crippen LogP contribution >= 0.6 is 11.3 Å². The maximum absolute atomic E-state index is 11.6. The SMILES string of the molecule is O=C(Nc1nc2c(s1)CCC2=O)OCc1ccccc1. The van der Waals surface area contributed by atoms with Crippen LogP contribution in [-0.2, 0) is 17.8 Å². The number of ketones is 1. The van der Waals surface area contributed by atoms with E-state index in [1.165, 1.54) is 11.3 Å². The number of Topliss-reactive ketones (excluding diaryl/α,β-unsaturated/α-hetero) is 1. The number of fused-ring (bicyclic) bond motifs is 1. The average molecular weight is 288 g/mol. The van der Waals surface area contributed by atoms with Gasteiger partial charge in [-0.15, -0.1) is 11.3 Å². The van der Waals surface area contributed by atoms with Gasteiger partial charge in [0.15, 0.2) is 10.9 Å².